The van der Waals surface area contributed by atoms with E-state index < -0.39 is 8.32 Å². The van der Waals surface area contributed by atoms with Gasteiger partial charge in [0.2, 0.25) is 0 Å². The first-order valence-corrected chi connectivity index (χ1v) is 10.3. The molecule has 0 saturated heterocycles. The van der Waals surface area contributed by atoms with Crippen molar-refractivity contribution >= 4 is 8.32 Å². The summed E-state index contributed by atoms with van der Waals surface area (Å²) in [4.78, 5) is 0. The minimum absolute atomic E-state index is 0. The molecule has 0 bridgehead atoms. The Bertz CT molecular complexity index is 434. The Morgan fingerprint density at radius 2 is 1.86 bits per heavy atom. The maximum atomic E-state index is 5.91. The molecule has 2 rings (SSSR count). The number of halogens is 2. The maximum Gasteiger partial charge on any atom is 3.00 e. The molecule has 5 heteroatoms. The first kappa shape index (κ1) is 23.9. The molecule has 115 valence electrons. The fraction of sp³-hybridized carbons (Fsp3) is 0.500. The van der Waals surface area contributed by atoms with Crippen LogP contribution in [-0.4, -0.2) is 14.9 Å². The molecule has 1 radical (unpaired) electrons. The van der Waals surface area contributed by atoms with Crippen LogP contribution >= 0.6 is 0 Å². The first-order valence-electron chi connectivity index (χ1n) is 6.86. The largest absolute Gasteiger partial charge is 3.00 e. The van der Waals surface area contributed by atoms with Gasteiger partial charge >= 0.3 is 26.2 Å². The summed E-state index contributed by atoms with van der Waals surface area (Å²) >= 11 is 0. The Kier molecular flexibility index (Phi) is 12.7. The van der Waals surface area contributed by atoms with Gasteiger partial charge < -0.3 is 29.2 Å². The number of allylic oxidation sites excluding steroid dienone is 8. The van der Waals surface area contributed by atoms with Crippen LogP contribution in [0.15, 0.2) is 41.0 Å². The molecule has 0 aromatic rings. The summed E-state index contributed by atoms with van der Waals surface area (Å²) < 4.78 is 5.91. The molecule has 2 aliphatic rings. The zero-order chi connectivity index (χ0) is 13.0. The third kappa shape index (κ3) is 8.13. The summed E-state index contributed by atoms with van der Waals surface area (Å²) in [5, 5.41) is 0. The molecule has 21 heavy (non-hydrogen) atoms. The topological polar surface area (TPSA) is 9.23 Å². The quantitative estimate of drug-likeness (QED) is 0.290. The van der Waals surface area contributed by atoms with Crippen LogP contribution in [0.4, 0.5) is 0 Å². The van der Waals surface area contributed by atoms with E-state index in [1.807, 2.05) is 0 Å². The van der Waals surface area contributed by atoms with Crippen molar-refractivity contribution in [3.05, 3.63) is 47.1 Å². The fourth-order valence-corrected chi connectivity index (χ4v) is 3.08. The molecule has 2 aliphatic carbocycles. The fourth-order valence-electron chi connectivity index (χ4n) is 2.32. The summed E-state index contributed by atoms with van der Waals surface area (Å²) in [6.07, 6.45) is 16.7. The van der Waals surface area contributed by atoms with Gasteiger partial charge in [0.05, 0.1) is 0 Å². The molecular weight excluding hydrogens is 398 g/mol. The van der Waals surface area contributed by atoms with Gasteiger partial charge in [-0.1, -0.05) is 30.6 Å². The second-order valence-corrected chi connectivity index (χ2v) is 10.4. The van der Waals surface area contributed by atoms with E-state index in [2.05, 4.69) is 50.0 Å². The molecule has 0 N–H and O–H groups in total. The predicted octanol–water partition coefficient (Wildman–Crippen LogP) is -1.43. The van der Waals surface area contributed by atoms with Gasteiger partial charge in [-0.05, 0) is 32.5 Å². The Hall–Kier alpha value is 0.600. The average Bonchev–Trinajstić information content (AvgIpc) is 2.93. The molecule has 0 fully saturated rings. The summed E-state index contributed by atoms with van der Waals surface area (Å²) in [6, 6.07) is 0. The molecule has 0 heterocycles. The smallest absolute Gasteiger partial charge is 1.00 e. The van der Waals surface area contributed by atoms with Crippen molar-refractivity contribution in [1.29, 1.82) is 0 Å². The van der Waals surface area contributed by atoms with E-state index in [1.54, 1.807) is 0 Å². The summed E-state index contributed by atoms with van der Waals surface area (Å²) in [5.41, 5.74) is 4.29. The van der Waals surface area contributed by atoms with E-state index in [4.69, 9.17) is 4.43 Å². The molecule has 0 spiro atoms. The minimum atomic E-state index is -1.34. The molecule has 0 saturated carbocycles. The van der Waals surface area contributed by atoms with Crippen LogP contribution in [0.2, 0.25) is 19.6 Å². The molecule has 0 aromatic heterocycles. The minimum Gasteiger partial charge on any atom is -1.00 e. The number of rotatable bonds is 6. The van der Waals surface area contributed by atoms with Gasteiger partial charge in [-0.2, -0.15) is 17.7 Å². The third-order valence-corrected chi connectivity index (χ3v) is 4.24. The Labute approximate surface area is 162 Å². The van der Waals surface area contributed by atoms with Crippen molar-refractivity contribution in [2.75, 3.05) is 6.61 Å². The zero-order valence-electron chi connectivity index (χ0n) is 13.0. The zero-order valence-corrected chi connectivity index (χ0v) is 18.0. The normalized spacial score (nSPS) is 16.2. The van der Waals surface area contributed by atoms with E-state index in [0.717, 1.165) is 32.3 Å². The molecule has 0 amide bonds. The third-order valence-electron chi connectivity index (χ3n) is 3.17. The van der Waals surface area contributed by atoms with E-state index in [0.29, 0.717) is 0 Å². The van der Waals surface area contributed by atoms with Gasteiger partial charge in [0.15, 0.2) is 8.32 Å². The van der Waals surface area contributed by atoms with Crippen molar-refractivity contribution in [2.24, 2.45) is 0 Å². The van der Waals surface area contributed by atoms with Crippen LogP contribution in [0.5, 0.6) is 0 Å². The Balaban J connectivity index is 0. The Morgan fingerprint density at radius 3 is 2.43 bits per heavy atom. The van der Waals surface area contributed by atoms with Crippen LogP contribution in [-0.2, 0) is 30.6 Å². The van der Waals surface area contributed by atoms with Gasteiger partial charge in [0.1, 0.15) is 0 Å². The molecule has 1 nitrogen and oxygen atoms in total. The van der Waals surface area contributed by atoms with Crippen molar-refractivity contribution < 1.29 is 55.4 Å². The second kappa shape index (κ2) is 11.2. The van der Waals surface area contributed by atoms with Crippen LogP contribution in [0.1, 0.15) is 25.7 Å². The van der Waals surface area contributed by atoms with Crippen LogP contribution in [0.25, 0.3) is 0 Å². The van der Waals surface area contributed by atoms with Crippen molar-refractivity contribution in [3.8, 4) is 0 Å². The Morgan fingerprint density at radius 1 is 1.14 bits per heavy atom. The van der Waals surface area contributed by atoms with E-state index in [1.165, 1.54) is 16.7 Å². The average molecular weight is 422 g/mol. The predicted molar refractivity (Wildman–Crippen MR) is 79.8 cm³/mol. The summed E-state index contributed by atoms with van der Waals surface area (Å²) in [6.45, 7) is 7.64. The van der Waals surface area contributed by atoms with Crippen LogP contribution < -0.4 is 24.8 Å². The van der Waals surface area contributed by atoms with E-state index >= 15 is 0 Å². The van der Waals surface area contributed by atoms with Crippen molar-refractivity contribution in [3.63, 3.8) is 0 Å². The standard InChI is InChI=1S/C16H23OSi.2ClH.Zr/c1-18(2,3)17-13-7-11-15-10-6-12-16(15)14-8-4-5-9-14;;;/h4,6,8,10H,5,7,11-13H2,1-3H3;2*1H;/q-1;;;+3/p-2. The van der Waals surface area contributed by atoms with Gasteiger partial charge in [-0.3, -0.25) is 0 Å². The maximum absolute atomic E-state index is 5.91. The molecule has 0 atom stereocenters. The van der Waals surface area contributed by atoms with Crippen LogP contribution in [0, 0.1) is 6.08 Å². The monoisotopic (exact) mass is 419 g/mol. The molecule has 0 aliphatic heterocycles. The second-order valence-electron chi connectivity index (χ2n) is 5.87. The molecular formula is C16H23Cl2OSiZr. The number of hydrogen-bond acceptors (Lipinski definition) is 1. The first-order chi connectivity index (χ1) is 8.56. The van der Waals surface area contributed by atoms with Gasteiger partial charge in [-0.25, -0.2) is 0 Å². The number of hydrogen-bond donors (Lipinski definition) is 0. The van der Waals surface area contributed by atoms with E-state index in [9.17, 15) is 0 Å². The summed E-state index contributed by atoms with van der Waals surface area (Å²) in [5.74, 6) is 0. The summed E-state index contributed by atoms with van der Waals surface area (Å²) in [7, 11) is -1.34. The van der Waals surface area contributed by atoms with Crippen molar-refractivity contribution in [1.82, 2.24) is 0 Å². The molecule has 0 aromatic carbocycles. The molecule has 0 unspecified atom stereocenters. The van der Waals surface area contributed by atoms with Gasteiger partial charge in [-0.15, -0.1) is 11.6 Å². The van der Waals surface area contributed by atoms with Gasteiger partial charge in [0.25, 0.3) is 0 Å². The van der Waals surface area contributed by atoms with Gasteiger partial charge in [0, 0.05) is 6.61 Å². The van der Waals surface area contributed by atoms with E-state index in [-0.39, 0.29) is 51.0 Å². The van der Waals surface area contributed by atoms with Crippen molar-refractivity contribution in [2.45, 2.75) is 45.3 Å². The van der Waals surface area contributed by atoms with Crippen LogP contribution in [0.3, 0.4) is 0 Å². The SMILES string of the molecule is C[Si](C)(C)OCCCC1=C(C2=[C-]CC=C2)CC=C1.[Cl-].[Cl-].[Zr+3].